The van der Waals surface area contributed by atoms with Gasteiger partial charge in [-0.2, -0.15) is 0 Å². The Morgan fingerprint density at radius 2 is 1.73 bits per heavy atom. The highest BCUT2D eigenvalue weighted by Crippen LogP contribution is 2.34. The monoisotopic (exact) mass is 295 g/mol. The van der Waals surface area contributed by atoms with Crippen LogP contribution in [0.2, 0.25) is 0 Å². The maximum atomic E-state index is 12.2. The SMILES string of the molecule is C[C@@]1(c2ccccc2)CCN(C(=O)OCc2ccccc2)C1. The van der Waals surface area contributed by atoms with Crippen LogP contribution < -0.4 is 0 Å². The van der Waals surface area contributed by atoms with E-state index in [1.165, 1.54) is 5.56 Å². The molecule has 1 fully saturated rings. The second kappa shape index (κ2) is 6.22. The van der Waals surface area contributed by atoms with Crippen LogP contribution in [-0.2, 0) is 16.8 Å². The molecule has 0 bridgehead atoms. The number of rotatable bonds is 3. The van der Waals surface area contributed by atoms with Gasteiger partial charge in [0, 0.05) is 18.5 Å². The van der Waals surface area contributed by atoms with Gasteiger partial charge in [-0.3, -0.25) is 0 Å². The lowest BCUT2D eigenvalue weighted by atomic mass is 9.82. The summed E-state index contributed by atoms with van der Waals surface area (Å²) in [6, 6.07) is 20.2. The Morgan fingerprint density at radius 1 is 1.09 bits per heavy atom. The van der Waals surface area contributed by atoms with Gasteiger partial charge in [-0.25, -0.2) is 4.79 Å². The van der Waals surface area contributed by atoms with E-state index >= 15 is 0 Å². The van der Waals surface area contributed by atoms with E-state index in [1.807, 2.05) is 41.3 Å². The molecule has 1 heterocycles. The molecule has 0 aromatic heterocycles. The van der Waals surface area contributed by atoms with Gasteiger partial charge in [0.25, 0.3) is 0 Å². The summed E-state index contributed by atoms with van der Waals surface area (Å²) >= 11 is 0. The zero-order valence-electron chi connectivity index (χ0n) is 12.9. The predicted molar refractivity (Wildman–Crippen MR) is 86.6 cm³/mol. The molecular weight excluding hydrogens is 274 g/mol. The van der Waals surface area contributed by atoms with Crippen molar-refractivity contribution >= 4 is 6.09 Å². The molecule has 3 nitrogen and oxygen atoms in total. The number of likely N-dealkylation sites (tertiary alicyclic amines) is 1. The maximum Gasteiger partial charge on any atom is 0.410 e. The van der Waals surface area contributed by atoms with Gasteiger partial charge in [0.2, 0.25) is 0 Å². The summed E-state index contributed by atoms with van der Waals surface area (Å²) in [4.78, 5) is 14.1. The highest BCUT2D eigenvalue weighted by Gasteiger charge is 2.37. The third-order valence-corrected chi connectivity index (χ3v) is 4.41. The number of nitrogens with zero attached hydrogens (tertiary/aromatic N) is 1. The number of hydrogen-bond acceptors (Lipinski definition) is 2. The molecule has 1 saturated heterocycles. The quantitative estimate of drug-likeness (QED) is 0.857. The summed E-state index contributed by atoms with van der Waals surface area (Å²) in [6.07, 6.45) is 0.751. The fraction of sp³-hybridized carbons (Fsp3) is 0.316. The third-order valence-electron chi connectivity index (χ3n) is 4.41. The molecule has 0 unspecified atom stereocenters. The van der Waals surface area contributed by atoms with Gasteiger partial charge in [0.15, 0.2) is 0 Å². The lowest BCUT2D eigenvalue weighted by Crippen LogP contribution is -2.33. The molecule has 0 saturated carbocycles. The van der Waals surface area contributed by atoms with Crippen molar-refractivity contribution in [2.24, 2.45) is 0 Å². The van der Waals surface area contributed by atoms with Gasteiger partial charge in [-0.15, -0.1) is 0 Å². The Labute approximate surface area is 131 Å². The van der Waals surface area contributed by atoms with Gasteiger partial charge < -0.3 is 9.64 Å². The van der Waals surface area contributed by atoms with Gasteiger partial charge in [-0.1, -0.05) is 67.6 Å². The van der Waals surface area contributed by atoms with Crippen LogP contribution in [-0.4, -0.2) is 24.1 Å². The molecule has 0 spiro atoms. The van der Waals surface area contributed by atoms with E-state index in [0.717, 1.165) is 18.5 Å². The highest BCUT2D eigenvalue weighted by molar-refractivity contribution is 5.68. The van der Waals surface area contributed by atoms with Crippen LogP contribution >= 0.6 is 0 Å². The molecule has 1 atom stereocenters. The minimum atomic E-state index is -0.219. The van der Waals surface area contributed by atoms with E-state index in [4.69, 9.17) is 4.74 Å². The van der Waals surface area contributed by atoms with Crippen molar-refractivity contribution < 1.29 is 9.53 Å². The summed E-state index contributed by atoms with van der Waals surface area (Å²) in [6.45, 7) is 4.01. The molecule has 0 radical (unpaired) electrons. The standard InChI is InChI=1S/C19H21NO2/c1-19(17-10-6-3-7-11-17)12-13-20(15-19)18(21)22-14-16-8-4-2-5-9-16/h2-11H,12-15H2,1H3/t19-/m1/s1. The van der Waals surface area contributed by atoms with Gasteiger partial charge in [-0.05, 0) is 17.5 Å². The maximum absolute atomic E-state index is 12.2. The largest absolute Gasteiger partial charge is 0.445 e. The molecule has 3 rings (SSSR count). The Balaban J connectivity index is 1.59. The van der Waals surface area contributed by atoms with E-state index in [9.17, 15) is 4.79 Å². The molecule has 22 heavy (non-hydrogen) atoms. The van der Waals surface area contributed by atoms with Crippen LogP contribution in [0.1, 0.15) is 24.5 Å². The summed E-state index contributed by atoms with van der Waals surface area (Å²) in [5.74, 6) is 0. The minimum Gasteiger partial charge on any atom is -0.445 e. The molecule has 114 valence electrons. The van der Waals surface area contributed by atoms with Crippen LogP contribution in [0.15, 0.2) is 60.7 Å². The van der Waals surface area contributed by atoms with Crippen molar-refractivity contribution in [1.82, 2.24) is 4.90 Å². The number of benzene rings is 2. The first-order valence-corrected chi connectivity index (χ1v) is 7.69. The first-order valence-electron chi connectivity index (χ1n) is 7.69. The minimum absolute atomic E-state index is 0.0209. The van der Waals surface area contributed by atoms with Crippen molar-refractivity contribution in [2.45, 2.75) is 25.4 Å². The fourth-order valence-corrected chi connectivity index (χ4v) is 3.00. The Morgan fingerprint density at radius 3 is 2.41 bits per heavy atom. The normalized spacial score (nSPS) is 20.9. The fourth-order valence-electron chi connectivity index (χ4n) is 3.00. The van der Waals surface area contributed by atoms with Gasteiger partial charge >= 0.3 is 6.09 Å². The van der Waals surface area contributed by atoms with E-state index in [-0.39, 0.29) is 11.5 Å². The number of ether oxygens (including phenoxy) is 1. The zero-order valence-corrected chi connectivity index (χ0v) is 12.9. The van der Waals surface area contributed by atoms with Crippen LogP contribution in [0.4, 0.5) is 4.79 Å². The number of carbonyl (C=O) groups excluding carboxylic acids is 1. The molecule has 3 heteroatoms. The van der Waals surface area contributed by atoms with E-state index in [1.54, 1.807) is 0 Å². The average molecular weight is 295 g/mol. The van der Waals surface area contributed by atoms with E-state index in [2.05, 4.69) is 31.2 Å². The number of carbonyl (C=O) groups is 1. The van der Waals surface area contributed by atoms with Crippen LogP contribution in [0.25, 0.3) is 0 Å². The number of amides is 1. The summed E-state index contributed by atoms with van der Waals surface area (Å²) in [5.41, 5.74) is 2.32. The molecule has 1 aliphatic rings. The number of hydrogen-bond donors (Lipinski definition) is 0. The zero-order chi connectivity index (χ0) is 15.4. The molecule has 2 aromatic rings. The van der Waals surface area contributed by atoms with Crippen LogP contribution in [0, 0.1) is 0 Å². The first kappa shape index (κ1) is 14.6. The van der Waals surface area contributed by atoms with Crippen molar-refractivity contribution in [3.8, 4) is 0 Å². The summed E-state index contributed by atoms with van der Waals surface area (Å²) < 4.78 is 5.43. The average Bonchev–Trinajstić information content (AvgIpc) is 2.98. The Hall–Kier alpha value is -2.29. The molecule has 1 amide bonds. The van der Waals surface area contributed by atoms with Gasteiger partial charge in [0.05, 0.1) is 0 Å². The highest BCUT2D eigenvalue weighted by atomic mass is 16.6. The Kier molecular flexibility index (Phi) is 4.14. The molecule has 0 aliphatic carbocycles. The van der Waals surface area contributed by atoms with Crippen molar-refractivity contribution in [3.05, 3.63) is 71.8 Å². The summed E-state index contributed by atoms with van der Waals surface area (Å²) in [5, 5.41) is 0. The van der Waals surface area contributed by atoms with Crippen LogP contribution in [0.3, 0.4) is 0 Å². The van der Waals surface area contributed by atoms with Crippen molar-refractivity contribution in [1.29, 1.82) is 0 Å². The molecule has 2 aromatic carbocycles. The smallest absolute Gasteiger partial charge is 0.410 e. The first-order chi connectivity index (χ1) is 10.7. The van der Waals surface area contributed by atoms with Gasteiger partial charge in [0.1, 0.15) is 6.61 Å². The third kappa shape index (κ3) is 3.14. The second-order valence-corrected chi connectivity index (χ2v) is 6.14. The van der Waals surface area contributed by atoms with E-state index < -0.39 is 0 Å². The van der Waals surface area contributed by atoms with Crippen LogP contribution in [0.5, 0.6) is 0 Å². The molecule has 0 N–H and O–H groups in total. The van der Waals surface area contributed by atoms with Crippen molar-refractivity contribution in [3.63, 3.8) is 0 Å². The predicted octanol–water partition coefficient (Wildman–Crippen LogP) is 3.99. The lowest BCUT2D eigenvalue weighted by molar-refractivity contribution is 0.102. The lowest BCUT2D eigenvalue weighted by Gasteiger charge is -2.25. The topological polar surface area (TPSA) is 29.5 Å². The molecular formula is C19H21NO2. The Bertz CT molecular complexity index is 626. The summed E-state index contributed by atoms with van der Waals surface area (Å²) in [7, 11) is 0. The molecule has 1 aliphatic heterocycles. The second-order valence-electron chi connectivity index (χ2n) is 6.14. The van der Waals surface area contributed by atoms with Crippen molar-refractivity contribution in [2.75, 3.05) is 13.1 Å². The van der Waals surface area contributed by atoms with E-state index in [0.29, 0.717) is 13.2 Å².